The fourth-order valence-electron chi connectivity index (χ4n) is 3.25. The van der Waals surface area contributed by atoms with Crippen molar-refractivity contribution < 1.29 is 28.7 Å². The zero-order chi connectivity index (χ0) is 23.0. The molecule has 1 saturated heterocycles. The minimum Gasteiger partial charge on any atom is -0.458 e. The molecule has 2 amide bonds. The minimum atomic E-state index is -0.855. The van der Waals surface area contributed by atoms with Crippen molar-refractivity contribution in [3.8, 4) is 0 Å². The van der Waals surface area contributed by atoms with Crippen molar-refractivity contribution in [2.75, 3.05) is 25.1 Å². The molecular formula is C22H26N2O6S. The fraction of sp³-hybridized carbons (Fsp3) is 0.364. The zero-order valence-electron chi connectivity index (χ0n) is 17.6. The molecule has 0 bridgehead atoms. The van der Waals surface area contributed by atoms with Crippen molar-refractivity contribution in [2.45, 2.75) is 31.6 Å². The summed E-state index contributed by atoms with van der Waals surface area (Å²) in [6.45, 7) is 10.4. The number of nitrogens with one attached hydrogen (secondary N) is 1. The molecule has 0 radical (unpaired) electrons. The predicted molar refractivity (Wildman–Crippen MR) is 119 cm³/mol. The summed E-state index contributed by atoms with van der Waals surface area (Å²) in [6.07, 6.45) is 2.49. The van der Waals surface area contributed by atoms with Gasteiger partial charge in [-0.2, -0.15) is 0 Å². The van der Waals surface area contributed by atoms with Crippen molar-refractivity contribution in [2.24, 2.45) is 0 Å². The molecule has 0 saturated carbocycles. The van der Waals surface area contributed by atoms with E-state index in [1.165, 1.54) is 24.0 Å². The number of likely N-dealkylation sites (tertiary alicyclic amines) is 1. The summed E-state index contributed by atoms with van der Waals surface area (Å²) in [5, 5.41) is 2.40. The average Bonchev–Trinajstić information content (AvgIpc) is 3.13. The lowest BCUT2D eigenvalue weighted by molar-refractivity contribution is -0.120. The topological polar surface area (TPSA) is 102 Å². The number of nitrogens with zero attached hydrogens (tertiary/aromatic N) is 1. The number of amides is 2. The van der Waals surface area contributed by atoms with E-state index in [1.54, 1.807) is 25.1 Å². The number of rotatable bonds is 8. The third-order valence-electron chi connectivity index (χ3n) is 4.52. The third-order valence-corrected chi connectivity index (χ3v) is 5.53. The molecule has 166 valence electrons. The van der Waals surface area contributed by atoms with Gasteiger partial charge >= 0.3 is 12.1 Å². The molecule has 0 aliphatic carbocycles. The lowest BCUT2D eigenvalue weighted by Gasteiger charge is -2.23. The fourth-order valence-corrected chi connectivity index (χ4v) is 4.23. The highest BCUT2D eigenvalue weighted by molar-refractivity contribution is 8.14. The van der Waals surface area contributed by atoms with Crippen LogP contribution in [0.3, 0.4) is 0 Å². The van der Waals surface area contributed by atoms with Crippen LogP contribution in [-0.2, 0) is 19.1 Å². The van der Waals surface area contributed by atoms with Gasteiger partial charge in [-0.05, 0) is 25.0 Å². The maximum atomic E-state index is 13.1. The van der Waals surface area contributed by atoms with E-state index in [2.05, 4.69) is 18.5 Å². The number of thioether (sulfide) groups is 1. The van der Waals surface area contributed by atoms with Gasteiger partial charge in [0.05, 0.1) is 11.3 Å². The summed E-state index contributed by atoms with van der Waals surface area (Å²) in [5.41, 5.74) is 1.14. The van der Waals surface area contributed by atoms with Crippen LogP contribution in [-0.4, -0.2) is 59.0 Å². The van der Waals surface area contributed by atoms with Gasteiger partial charge in [-0.3, -0.25) is 14.5 Å². The first-order valence-corrected chi connectivity index (χ1v) is 10.6. The Kier molecular flexibility index (Phi) is 8.87. The van der Waals surface area contributed by atoms with Crippen LogP contribution in [0.4, 0.5) is 10.5 Å². The first kappa shape index (κ1) is 24.2. The molecule has 0 unspecified atom stereocenters. The first-order valence-electron chi connectivity index (χ1n) is 9.68. The summed E-state index contributed by atoms with van der Waals surface area (Å²) in [6, 6.07) is 4.17. The van der Waals surface area contributed by atoms with Gasteiger partial charge < -0.3 is 14.8 Å². The Hall–Kier alpha value is -3.07. The number of anilines is 1. The molecule has 2 rings (SSSR count). The normalized spacial score (nSPS) is 17.5. The van der Waals surface area contributed by atoms with Gasteiger partial charge in [0.25, 0.3) is 0 Å². The summed E-state index contributed by atoms with van der Waals surface area (Å²) in [4.78, 5) is 50.8. The van der Waals surface area contributed by atoms with Crippen LogP contribution < -0.4 is 5.32 Å². The van der Waals surface area contributed by atoms with Crippen molar-refractivity contribution in [3.63, 3.8) is 0 Å². The molecule has 8 nitrogen and oxygen atoms in total. The van der Waals surface area contributed by atoms with E-state index in [1.807, 2.05) is 0 Å². The Morgan fingerprint density at radius 3 is 2.52 bits per heavy atom. The molecule has 1 heterocycles. The molecule has 1 aliphatic rings. The predicted octanol–water partition coefficient (Wildman–Crippen LogP) is 3.32. The van der Waals surface area contributed by atoms with Crippen molar-refractivity contribution in [1.82, 2.24) is 4.90 Å². The number of hydrogen-bond acceptors (Lipinski definition) is 7. The second-order valence-electron chi connectivity index (χ2n) is 6.87. The molecule has 31 heavy (non-hydrogen) atoms. The van der Waals surface area contributed by atoms with Crippen LogP contribution in [0.2, 0.25) is 0 Å². The van der Waals surface area contributed by atoms with Gasteiger partial charge in [-0.1, -0.05) is 49.2 Å². The second-order valence-corrected chi connectivity index (χ2v) is 8.35. The van der Waals surface area contributed by atoms with Crippen LogP contribution in [0, 0.1) is 6.92 Å². The van der Waals surface area contributed by atoms with Crippen LogP contribution in [0.1, 0.15) is 29.3 Å². The van der Waals surface area contributed by atoms with Crippen LogP contribution in [0.5, 0.6) is 0 Å². The average molecular weight is 447 g/mol. The number of benzene rings is 1. The van der Waals surface area contributed by atoms with Crippen LogP contribution in [0.25, 0.3) is 0 Å². The van der Waals surface area contributed by atoms with Gasteiger partial charge in [0.2, 0.25) is 5.91 Å². The Labute approximate surface area is 185 Å². The van der Waals surface area contributed by atoms with E-state index in [-0.39, 0.29) is 47.8 Å². The Bertz CT molecular complexity index is 885. The summed E-state index contributed by atoms with van der Waals surface area (Å²) < 4.78 is 10.2. The summed E-state index contributed by atoms with van der Waals surface area (Å²) >= 11 is 1.08. The molecular weight excluding hydrogens is 420 g/mol. The third kappa shape index (κ3) is 6.45. The lowest BCUT2D eigenvalue weighted by Crippen LogP contribution is -2.43. The lowest BCUT2D eigenvalue weighted by atomic mass is 10.1. The number of hydrogen-bond donors (Lipinski definition) is 1. The Morgan fingerprint density at radius 1 is 1.19 bits per heavy atom. The second kappa shape index (κ2) is 11.4. The summed E-state index contributed by atoms with van der Waals surface area (Å²) in [5.74, 6) is -1.07. The number of esters is 1. The van der Waals surface area contributed by atoms with E-state index < -0.39 is 24.0 Å². The quantitative estimate of drug-likeness (QED) is 0.483. The largest absolute Gasteiger partial charge is 0.458 e. The molecule has 9 heteroatoms. The van der Waals surface area contributed by atoms with E-state index in [0.29, 0.717) is 5.56 Å². The Balaban J connectivity index is 2.25. The number of carbonyl (C=O) groups excluding carboxylic acids is 4. The molecule has 1 N–H and O–H groups in total. The highest BCUT2D eigenvalue weighted by Crippen LogP contribution is 2.30. The number of ether oxygens (including phenoxy) is 2. The van der Waals surface area contributed by atoms with E-state index in [9.17, 15) is 19.2 Å². The highest BCUT2D eigenvalue weighted by atomic mass is 32.2. The molecule has 2 atom stereocenters. The molecule has 0 aromatic heterocycles. The van der Waals surface area contributed by atoms with Crippen molar-refractivity contribution in [3.05, 3.63) is 54.6 Å². The minimum absolute atomic E-state index is 0.00532. The smallest absolute Gasteiger partial charge is 0.410 e. The van der Waals surface area contributed by atoms with Crippen molar-refractivity contribution in [1.29, 1.82) is 0 Å². The standard InChI is InChI=1S/C22H26N2O6S/c1-5-10-29-21(27)19-14(3)8-7-9-17(19)23-20(26)18-12-16(31-15(4)25)13-24(18)22(28)30-11-6-2/h5-9,16,18H,1-2,10-13H2,3-4H3,(H,23,26)/t16-,18-/m0/s1. The molecule has 1 aliphatic heterocycles. The monoisotopic (exact) mass is 446 g/mol. The maximum Gasteiger partial charge on any atom is 0.410 e. The van der Waals surface area contributed by atoms with Gasteiger partial charge in [-0.25, -0.2) is 9.59 Å². The van der Waals surface area contributed by atoms with Gasteiger partial charge in [0.1, 0.15) is 19.3 Å². The van der Waals surface area contributed by atoms with Gasteiger partial charge in [0, 0.05) is 18.7 Å². The van der Waals surface area contributed by atoms with Crippen LogP contribution >= 0.6 is 11.8 Å². The highest BCUT2D eigenvalue weighted by Gasteiger charge is 2.41. The summed E-state index contributed by atoms with van der Waals surface area (Å²) in [7, 11) is 0. The number of aryl methyl sites for hydroxylation is 1. The van der Waals surface area contributed by atoms with E-state index in [4.69, 9.17) is 9.47 Å². The maximum absolute atomic E-state index is 13.1. The van der Waals surface area contributed by atoms with Gasteiger partial charge in [0.15, 0.2) is 5.12 Å². The SMILES string of the molecule is C=CCOC(=O)c1c(C)cccc1NC(=O)[C@@H]1C[C@H](SC(C)=O)CN1C(=O)OCC=C. The first-order chi connectivity index (χ1) is 14.8. The van der Waals surface area contributed by atoms with Gasteiger partial charge in [-0.15, -0.1) is 0 Å². The molecule has 1 aromatic rings. The van der Waals surface area contributed by atoms with Crippen LogP contribution in [0.15, 0.2) is 43.5 Å². The van der Waals surface area contributed by atoms with E-state index >= 15 is 0 Å². The molecule has 1 aromatic carbocycles. The van der Waals surface area contributed by atoms with Crippen molar-refractivity contribution >= 4 is 40.5 Å². The Morgan fingerprint density at radius 2 is 1.87 bits per heavy atom. The molecule has 1 fully saturated rings. The zero-order valence-corrected chi connectivity index (χ0v) is 18.4. The van der Waals surface area contributed by atoms with E-state index in [0.717, 1.165) is 11.8 Å². The molecule has 0 spiro atoms. The number of carbonyl (C=O) groups is 4.